The van der Waals surface area contributed by atoms with Crippen LogP contribution in [0.1, 0.15) is 0 Å². The topological polar surface area (TPSA) is 51.8 Å². The highest BCUT2D eigenvalue weighted by molar-refractivity contribution is 5.84. The molecule has 0 aliphatic heterocycles. The molecule has 2 aromatic heterocycles. The number of aromatic nitrogens is 2. The van der Waals surface area contributed by atoms with Crippen LogP contribution in [0.15, 0.2) is 54.7 Å². The van der Waals surface area contributed by atoms with E-state index in [0.717, 1.165) is 22.2 Å². The summed E-state index contributed by atoms with van der Waals surface area (Å²) in [5.41, 5.74) is 8.58. The fourth-order valence-electron chi connectivity index (χ4n) is 1.83. The average molecular weight is 221 g/mol. The average Bonchev–Trinajstić information content (AvgIpc) is 2.39. The summed E-state index contributed by atoms with van der Waals surface area (Å²) in [4.78, 5) is 8.63. The van der Waals surface area contributed by atoms with E-state index in [4.69, 9.17) is 5.73 Å². The second kappa shape index (κ2) is 3.87. The van der Waals surface area contributed by atoms with Gasteiger partial charge in [-0.05, 0) is 30.3 Å². The maximum absolute atomic E-state index is 5.69. The van der Waals surface area contributed by atoms with E-state index in [2.05, 4.69) is 9.97 Å². The number of nitrogens with zero attached hydrogens (tertiary/aromatic N) is 2. The zero-order valence-corrected chi connectivity index (χ0v) is 9.17. The zero-order chi connectivity index (χ0) is 11.7. The van der Waals surface area contributed by atoms with Crippen LogP contribution in [0.2, 0.25) is 0 Å². The lowest BCUT2D eigenvalue weighted by Gasteiger charge is -2.03. The van der Waals surface area contributed by atoms with Gasteiger partial charge in [0.25, 0.3) is 0 Å². The van der Waals surface area contributed by atoms with Gasteiger partial charge in [-0.1, -0.05) is 18.2 Å². The SMILES string of the molecule is Nc1ccc2ccc(-c3ccccn3)cc2n1. The van der Waals surface area contributed by atoms with Crippen molar-refractivity contribution in [3.8, 4) is 11.3 Å². The third-order valence-corrected chi connectivity index (χ3v) is 2.67. The van der Waals surface area contributed by atoms with E-state index in [-0.39, 0.29) is 0 Å². The van der Waals surface area contributed by atoms with Gasteiger partial charge in [-0.25, -0.2) is 4.98 Å². The lowest BCUT2D eigenvalue weighted by atomic mass is 10.1. The zero-order valence-electron chi connectivity index (χ0n) is 9.17. The minimum absolute atomic E-state index is 0.538. The predicted molar refractivity (Wildman–Crippen MR) is 69.4 cm³/mol. The predicted octanol–water partition coefficient (Wildman–Crippen LogP) is 2.88. The number of hydrogen-bond acceptors (Lipinski definition) is 3. The molecule has 0 aliphatic carbocycles. The molecule has 0 aliphatic rings. The summed E-state index contributed by atoms with van der Waals surface area (Å²) in [7, 11) is 0. The third kappa shape index (κ3) is 1.83. The molecule has 3 rings (SSSR count). The van der Waals surface area contributed by atoms with Gasteiger partial charge in [-0.3, -0.25) is 4.98 Å². The summed E-state index contributed by atoms with van der Waals surface area (Å²) in [6, 6.07) is 15.7. The molecule has 2 heterocycles. The molecule has 0 amide bonds. The summed E-state index contributed by atoms with van der Waals surface area (Å²) in [6.45, 7) is 0. The van der Waals surface area contributed by atoms with Crippen LogP contribution in [0.4, 0.5) is 5.82 Å². The molecule has 0 spiro atoms. The van der Waals surface area contributed by atoms with Crippen LogP contribution in [0.5, 0.6) is 0 Å². The van der Waals surface area contributed by atoms with Crippen molar-refractivity contribution < 1.29 is 0 Å². The summed E-state index contributed by atoms with van der Waals surface area (Å²) in [5.74, 6) is 0.538. The largest absolute Gasteiger partial charge is 0.384 e. The van der Waals surface area contributed by atoms with Gasteiger partial charge in [0.05, 0.1) is 11.2 Å². The summed E-state index contributed by atoms with van der Waals surface area (Å²) in [5, 5.41) is 1.08. The standard InChI is InChI=1S/C14H11N3/c15-14-7-6-10-4-5-11(9-13(10)17-14)12-3-1-2-8-16-12/h1-9H,(H2,15,17). The summed E-state index contributed by atoms with van der Waals surface area (Å²) >= 11 is 0. The van der Waals surface area contributed by atoms with Crippen molar-refractivity contribution in [1.82, 2.24) is 9.97 Å². The molecular weight excluding hydrogens is 210 g/mol. The fraction of sp³-hybridized carbons (Fsp3) is 0. The minimum Gasteiger partial charge on any atom is -0.384 e. The molecule has 82 valence electrons. The number of anilines is 1. The maximum atomic E-state index is 5.69. The number of nitrogen functional groups attached to an aromatic ring is 1. The second-order valence-electron chi connectivity index (χ2n) is 3.86. The number of hydrogen-bond donors (Lipinski definition) is 1. The Morgan fingerprint density at radius 1 is 0.941 bits per heavy atom. The van der Waals surface area contributed by atoms with Gasteiger partial charge in [0.15, 0.2) is 0 Å². The van der Waals surface area contributed by atoms with Crippen LogP contribution in [-0.4, -0.2) is 9.97 Å². The summed E-state index contributed by atoms with van der Waals surface area (Å²) < 4.78 is 0. The highest BCUT2D eigenvalue weighted by Crippen LogP contribution is 2.22. The molecule has 0 saturated heterocycles. The van der Waals surface area contributed by atoms with E-state index in [1.165, 1.54) is 0 Å². The molecule has 0 fully saturated rings. The monoisotopic (exact) mass is 221 g/mol. The fourth-order valence-corrected chi connectivity index (χ4v) is 1.83. The smallest absolute Gasteiger partial charge is 0.124 e. The third-order valence-electron chi connectivity index (χ3n) is 2.67. The van der Waals surface area contributed by atoms with Gasteiger partial charge in [-0.2, -0.15) is 0 Å². The van der Waals surface area contributed by atoms with E-state index in [9.17, 15) is 0 Å². The Bertz CT molecular complexity index is 663. The van der Waals surface area contributed by atoms with E-state index in [1.807, 2.05) is 48.5 Å². The van der Waals surface area contributed by atoms with Gasteiger partial charge in [0, 0.05) is 17.1 Å². The molecule has 3 nitrogen and oxygen atoms in total. The number of pyridine rings is 2. The van der Waals surface area contributed by atoms with E-state index in [0.29, 0.717) is 5.82 Å². The van der Waals surface area contributed by atoms with E-state index in [1.54, 1.807) is 6.20 Å². The van der Waals surface area contributed by atoms with E-state index >= 15 is 0 Å². The second-order valence-corrected chi connectivity index (χ2v) is 3.86. The van der Waals surface area contributed by atoms with Crippen molar-refractivity contribution in [3.05, 3.63) is 54.7 Å². The highest BCUT2D eigenvalue weighted by Gasteiger charge is 2.01. The highest BCUT2D eigenvalue weighted by atomic mass is 14.8. The molecular formula is C14H11N3. The Morgan fingerprint density at radius 3 is 2.65 bits per heavy atom. The minimum atomic E-state index is 0.538. The maximum Gasteiger partial charge on any atom is 0.124 e. The quantitative estimate of drug-likeness (QED) is 0.687. The number of nitrogens with two attached hydrogens (primary N) is 1. The number of benzene rings is 1. The van der Waals surface area contributed by atoms with Crippen molar-refractivity contribution in [2.75, 3.05) is 5.73 Å². The van der Waals surface area contributed by atoms with Crippen molar-refractivity contribution in [2.45, 2.75) is 0 Å². The first kappa shape index (κ1) is 9.78. The van der Waals surface area contributed by atoms with Gasteiger partial charge in [0.1, 0.15) is 5.82 Å². The van der Waals surface area contributed by atoms with Gasteiger partial charge >= 0.3 is 0 Å². The molecule has 0 unspecified atom stereocenters. The number of rotatable bonds is 1. The molecule has 3 heteroatoms. The molecule has 2 N–H and O–H groups in total. The van der Waals surface area contributed by atoms with Crippen LogP contribution in [0.3, 0.4) is 0 Å². The van der Waals surface area contributed by atoms with Crippen LogP contribution < -0.4 is 5.73 Å². The Morgan fingerprint density at radius 2 is 1.82 bits per heavy atom. The molecule has 0 bridgehead atoms. The van der Waals surface area contributed by atoms with Crippen molar-refractivity contribution in [3.63, 3.8) is 0 Å². The lowest BCUT2D eigenvalue weighted by molar-refractivity contribution is 1.32. The molecule has 3 aromatic rings. The van der Waals surface area contributed by atoms with Crippen LogP contribution in [0.25, 0.3) is 22.2 Å². The first-order valence-corrected chi connectivity index (χ1v) is 5.41. The number of fused-ring (bicyclic) bond motifs is 1. The Hall–Kier alpha value is -2.42. The van der Waals surface area contributed by atoms with Crippen molar-refractivity contribution >= 4 is 16.7 Å². The summed E-state index contributed by atoms with van der Waals surface area (Å²) in [6.07, 6.45) is 1.78. The van der Waals surface area contributed by atoms with Gasteiger partial charge in [-0.15, -0.1) is 0 Å². The first-order valence-electron chi connectivity index (χ1n) is 5.41. The van der Waals surface area contributed by atoms with Crippen molar-refractivity contribution in [2.24, 2.45) is 0 Å². The van der Waals surface area contributed by atoms with Crippen molar-refractivity contribution in [1.29, 1.82) is 0 Å². The van der Waals surface area contributed by atoms with Crippen LogP contribution >= 0.6 is 0 Å². The van der Waals surface area contributed by atoms with Gasteiger partial charge < -0.3 is 5.73 Å². The Balaban J connectivity index is 2.19. The first-order chi connectivity index (χ1) is 8.33. The molecule has 17 heavy (non-hydrogen) atoms. The van der Waals surface area contributed by atoms with E-state index < -0.39 is 0 Å². The van der Waals surface area contributed by atoms with Crippen LogP contribution in [-0.2, 0) is 0 Å². The van der Waals surface area contributed by atoms with Crippen LogP contribution in [0, 0.1) is 0 Å². The molecule has 1 aromatic carbocycles. The molecule has 0 atom stereocenters. The van der Waals surface area contributed by atoms with Gasteiger partial charge in [0.2, 0.25) is 0 Å². The Labute approximate surface area is 98.9 Å². The Kier molecular flexibility index (Phi) is 2.22. The molecule has 0 saturated carbocycles. The normalized spacial score (nSPS) is 10.6. The lowest BCUT2D eigenvalue weighted by Crippen LogP contribution is -1.90. The molecule has 0 radical (unpaired) electrons.